The lowest BCUT2D eigenvalue weighted by atomic mass is 9.99. The summed E-state index contributed by atoms with van der Waals surface area (Å²) in [5, 5.41) is 4.37. The highest BCUT2D eigenvalue weighted by Gasteiger charge is 2.13. The Balaban J connectivity index is 2.07. The molecule has 2 aromatic rings. The van der Waals surface area contributed by atoms with Crippen LogP contribution in [0.15, 0.2) is 54.6 Å². The number of hydrogen-bond donors (Lipinski definition) is 1. The first-order chi connectivity index (χ1) is 9.31. The summed E-state index contributed by atoms with van der Waals surface area (Å²) < 4.78 is 0. The van der Waals surface area contributed by atoms with Gasteiger partial charge in [-0.2, -0.15) is 0 Å². The molecule has 1 nitrogen and oxygen atoms in total. The van der Waals surface area contributed by atoms with Gasteiger partial charge in [-0.15, -0.1) is 0 Å². The molecule has 0 amide bonds. The van der Waals surface area contributed by atoms with Gasteiger partial charge in [0, 0.05) is 11.1 Å². The summed E-state index contributed by atoms with van der Waals surface area (Å²) in [7, 11) is 0. The molecule has 1 unspecified atom stereocenters. The molecule has 2 heteroatoms. The lowest BCUT2D eigenvalue weighted by Crippen LogP contribution is -2.21. The predicted molar refractivity (Wildman–Crippen MR) is 82.6 cm³/mol. The summed E-state index contributed by atoms with van der Waals surface area (Å²) in [4.78, 5) is 0. The molecule has 0 radical (unpaired) electrons. The van der Waals surface area contributed by atoms with Crippen molar-refractivity contribution < 1.29 is 0 Å². The lowest BCUT2D eigenvalue weighted by Gasteiger charge is -2.19. The largest absolute Gasteiger partial charge is 0.310 e. The minimum atomic E-state index is 0.318. The van der Waals surface area contributed by atoms with Crippen molar-refractivity contribution in [2.75, 3.05) is 6.54 Å². The third-order valence-corrected chi connectivity index (χ3v) is 3.64. The van der Waals surface area contributed by atoms with Crippen molar-refractivity contribution in [2.45, 2.75) is 25.8 Å². The first-order valence-corrected chi connectivity index (χ1v) is 7.20. The third kappa shape index (κ3) is 4.09. The van der Waals surface area contributed by atoms with E-state index in [0.717, 1.165) is 24.4 Å². The van der Waals surface area contributed by atoms with Crippen molar-refractivity contribution in [3.05, 3.63) is 70.7 Å². The van der Waals surface area contributed by atoms with E-state index in [2.05, 4.69) is 48.6 Å². The summed E-state index contributed by atoms with van der Waals surface area (Å²) in [5.41, 5.74) is 2.57. The Morgan fingerprint density at radius 1 is 1.00 bits per heavy atom. The normalized spacial score (nSPS) is 12.3. The highest BCUT2D eigenvalue weighted by molar-refractivity contribution is 6.31. The van der Waals surface area contributed by atoms with E-state index in [0.29, 0.717) is 6.04 Å². The monoisotopic (exact) mass is 273 g/mol. The van der Waals surface area contributed by atoms with Gasteiger partial charge in [0.2, 0.25) is 0 Å². The van der Waals surface area contributed by atoms with Gasteiger partial charge < -0.3 is 5.32 Å². The topological polar surface area (TPSA) is 12.0 Å². The highest BCUT2D eigenvalue weighted by Crippen LogP contribution is 2.26. The maximum absolute atomic E-state index is 6.30. The van der Waals surface area contributed by atoms with Crippen LogP contribution in [0.3, 0.4) is 0 Å². The van der Waals surface area contributed by atoms with Crippen LogP contribution in [0.25, 0.3) is 0 Å². The molecule has 0 saturated heterocycles. The Labute approximate surface area is 120 Å². The van der Waals surface area contributed by atoms with E-state index in [9.17, 15) is 0 Å². The molecule has 0 bridgehead atoms. The molecular weight excluding hydrogens is 254 g/mol. The average Bonchev–Trinajstić information content (AvgIpc) is 2.45. The fourth-order valence-electron chi connectivity index (χ4n) is 2.33. The molecule has 0 saturated carbocycles. The molecule has 0 heterocycles. The predicted octanol–water partition coefficient (Wildman–Crippen LogP) is 4.62. The van der Waals surface area contributed by atoms with Gasteiger partial charge in [0.1, 0.15) is 0 Å². The zero-order valence-corrected chi connectivity index (χ0v) is 12.0. The van der Waals surface area contributed by atoms with E-state index < -0.39 is 0 Å². The van der Waals surface area contributed by atoms with Gasteiger partial charge in [0.05, 0.1) is 0 Å². The van der Waals surface area contributed by atoms with Gasteiger partial charge in [0.25, 0.3) is 0 Å². The van der Waals surface area contributed by atoms with Crippen molar-refractivity contribution in [1.29, 1.82) is 0 Å². The third-order valence-electron chi connectivity index (χ3n) is 3.30. The minimum absolute atomic E-state index is 0.318. The number of rotatable bonds is 6. The summed E-state index contributed by atoms with van der Waals surface area (Å²) in [6, 6.07) is 19.0. The lowest BCUT2D eigenvalue weighted by molar-refractivity contribution is 0.515. The van der Waals surface area contributed by atoms with Crippen LogP contribution in [-0.4, -0.2) is 6.54 Å². The van der Waals surface area contributed by atoms with Gasteiger partial charge in [-0.1, -0.05) is 67.1 Å². The maximum Gasteiger partial charge on any atom is 0.0453 e. The van der Waals surface area contributed by atoms with Gasteiger partial charge in [-0.3, -0.25) is 0 Å². The van der Waals surface area contributed by atoms with Gasteiger partial charge in [-0.05, 0) is 36.6 Å². The fourth-order valence-corrected chi connectivity index (χ4v) is 2.59. The molecule has 1 N–H and O–H groups in total. The molecular formula is C17H20ClN. The zero-order valence-electron chi connectivity index (χ0n) is 11.3. The van der Waals surface area contributed by atoms with E-state index in [-0.39, 0.29) is 0 Å². The zero-order chi connectivity index (χ0) is 13.5. The van der Waals surface area contributed by atoms with Crippen LogP contribution >= 0.6 is 11.6 Å². The van der Waals surface area contributed by atoms with E-state index in [1.807, 2.05) is 18.2 Å². The van der Waals surface area contributed by atoms with Gasteiger partial charge in [-0.25, -0.2) is 0 Å². The van der Waals surface area contributed by atoms with Gasteiger partial charge >= 0.3 is 0 Å². The van der Waals surface area contributed by atoms with Gasteiger partial charge in [0.15, 0.2) is 0 Å². The second-order valence-corrected chi connectivity index (χ2v) is 5.06. The molecule has 0 aliphatic rings. The van der Waals surface area contributed by atoms with Crippen LogP contribution in [0.2, 0.25) is 5.02 Å². The van der Waals surface area contributed by atoms with Crippen molar-refractivity contribution in [2.24, 2.45) is 0 Å². The number of aryl methyl sites for hydroxylation is 1. The van der Waals surface area contributed by atoms with Crippen LogP contribution in [0.5, 0.6) is 0 Å². The molecule has 0 spiro atoms. The molecule has 100 valence electrons. The number of hydrogen-bond acceptors (Lipinski definition) is 1. The van der Waals surface area contributed by atoms with Crippen molar-refractivity contribution in [1.82, 2.24) is 5.32 Å². The first kappa shape index (κ1) is 14.1. The Hall–Kier alpha value is -1.31. The first-order valence-electron chi connectivity index (χ1n) is 6.83. The smallest absolute Gasteiger partial charge is 0.0453 e. The number of nitrogens with one attached hydrogen (secondary N) is 1. The van der Waals surface area contributed by atoms with Crippen molar-refractivity contribution in [3.8, 4) is 0 Å². The standard InChI is InChI=1S/C17H20ClN/c1-2-19-17(15-10-6-7-11-16(15)18)13-12-14-8-4-3-5-9-14/h3-11,17,19H,2,12-13H2,1H3. The second-order valence-electron chi connectivity index (χ2n) is 4.66. The second kappa shape index (κ2) is 7.32. The summed E-state index contributed by atoms with van der Waals surface area (Å²) in [6.45, 7) is 3.08. The molecule has 0 aliphatic heterocycles. The van der Waals surface area contributed by atoms with E-state index in [1.165, 1.54) is 11.1 Å². The van der Waals surface area contributed by atoms with E-state index in [1.54, 1.807) is 0 Å². The maximum atomic E-state index is 6.30. The van der Waals surface area contributed by atoms with Crippen molar-refractivity contribution >= 4 is 11.6 Å². The quantitative estimate of drug-likeness (QED) is 0.810. The SMILES string of the molecule is CCNC(CCc1ccccc1)c1ccccc1Cl. The Kier molecular flexibility index (Phi) is 5.44. The summed E-state index contributed by atoms with van der Waals surface area (Å²) in [6.07, 6.45) is 2.12. The summed E-state index contributed by atoms with van der Waals surface area (Å²) in [5.74, 6) is 0. The number of halogens is 1. The Morgan fingerprint density at radius 3 is 2.37 bits per heavy atom. The van der Waals surface area contributed by atoms with Crippen LogP contribution in [0.4, 0.5) is 0 Å². The molecule has 1 atom stereocenters. The van der Waals surface area contributed by atoms with E-state index >= 15 is 0 Å². The Morgan fingerprint density at radius 2 is 1.68 bits per heavy atom. The molecule has 2 rings (SSSR count). The van der Waals surface area contributed by atoms with Crippen LogP contribution < -0.4 is 5.32 Å². The molecule has 2 aromatic carbocycles. The molecule has 0 aromatic heterocycles. The highest BCUT2D eigenvalue weighted by atomic mass is 35.5. The van der Waals surface area contributed by atoms with Crippen LogP contribution in [0.1, 0.15) is 30.5 Å². The Bertz CT molecular complexity index is 496. The molecule has 0 fully saturated rings. The molecule has 0 aliphatic carbocycles. The fraction of sp³-hybridized carbons (Fsp3) is 0.294. The minimum Gasteiger partial charge on any atom is -0.310 e. The van der Waals surface area contributed by atoms with Crippen molar-refractivity contribution in [3.63, 3.8) is 0 Å². The average molecular weight is 274 g/mol. The van der Waals surface area contributed by atoms with Crippen LogP contribution in [0, 0.1) is 0 Å². The van der Waals surface area contributed by atoms with Crippen LogP contribution in [-0.2, 0) is 6.42 Å². The summed E-state index contributed by atoms with van der Waals surface area (Å²) >= 11 is 6.30. The van der Waals surface area contributed by atoms with E-state index in [4.69, 9.17) is 11.6 Å². The molecule has 19 heavy (non-hydrogen) atoms. The number of benzene rings is 2.